The molecule has 1 fully saturated rings. The number of carbonyl (C=O) groups excluding carboxylic acids is 2. The summed E-state index contributed by atoms with van der Waals surface area (Å²) in [5, 5.41) is 2.64. The summed E-state index contributed by atoms with van der Waals surface area (Å²) in [5.74, 6) is 0.0362. The van der Waals surface area contributed by atoms with Crippen molar-refractivity contribution >= 4 is 11.8 Å². The van der Waals surface area contributed by atoms with E-state index in [0.29, 0.717) is 26.3 Å². The Kier molecular flexibility index (Phi) is 4.29. The van der Waals surface area contributed by atoms with Gasteiger partial charge in [0.1, 0.15) is 0 Å². The van der Waals surface area contributed by atoms with Crippen LogP contribution in [0.2, 0.25) is 0 Å². The van der Waals surface area contributed by atoms with Gasteiger partial charge in [0.25, 0.3) is 0 Å². The number of nitrogens with one attached hydrogen (secondary N) is 1. The van der Waals surface area contributed by atoms with Crippen LogP contribution in [0.3, 0.4) is 0 Å². The Morgan fingerprint density at radius 1 is 1.25 bits per heavy atom. The summed E-state index contributed by atoms with van der Waals surface area (Å²) in [6, 6.07) is -0.180. The average Bonchev–Trinajstić information content (AvgIpc) is 2.25. The zero-order valence-electron chi connectivity index (χ0n) is 10.2. The summed E-state index contributed by atoms with van der Waals surface area (Å²) in [6.45, 7) is 7.95. The minimum absolute atomic E-state index is 0.0362. The molecule has 1 N–H and O–H groups in total. The van der Waals surface area contributed by atoms with Crippen molar-refractivity contribution in [3.05, 3.63) is 0 Å². The second kappa shape index (κ2) is 5.30. The van der Waals surface area contributed by atoms with Crippen molar-refractivity contribution in [2.75, 3.05) is 32.8 Å². The van der Waals surface area contributed by atoms with E-state index in [1.807, 2.05) is 20.8 Å². The highest BCUT2D eigenvalue weighted by Gasteiger charge is 2.23. The third kappa shape index (κ3) is 3.81. The zero-order valence-corrected chi connectivity index (χ0v) is 10.2. The lowest BCUT2D eigenvalue weighted by atomic mass is 9.91. The second-order valence-electron chi connectivity index (χ2n) is 4.93. The van der Waals surface area contributed by atoms with E-state index in [-0.39, 0.29) is 18.4 Å². The van der Waals surface area contributed by atoms with Crippen LogP contribution in [0.4, 0.5) is 4.79 Å². The number of hydrogen-bond acceptors (Lipinski definition) is 3. The molecule has 0 spiro atoms. The minimum Gasteiger partial charge on any atom is -0.378 e. The number of amides is 2. The topological polar surface area (TPSA) is 58.6 Å². The molecule has 0 atom stereocenters. The first-order valence-corrected chi connectivity index (χ1v) is 5.55. The number of morpholine rings is 1. The summed E-state index contributed by atoms with van der Waals surface area (Å²) in [6.07, 6.45) is 0. The molecule has 1 heterocycles. The molecule has 0 aromatic rings. The first kappa shape index (κ1) is 13.0. The van der Waals surface area contributed by atoms with Crippen LogP contribution < -0.4 is 5.32 Å². The molecule has 5 heteroatoms. The van der Waals surface area contributed by atoms with Gasteiger partial charge in [-0.2, -0.15) is 0 Å². The Labute approximate surface area is 96.1 Å². The van der Waals surface area contributed by atoms with Gasteiger partial charge in [-0.25, -0.2) is 4.79 Å². The number of nitrogens with zero attached hydrogens (tertiary/aromatic N) is 1. The van der Waals surface area contributed by atoms with E-state index in [4.69, 9.17) is 4.74 Å². The maximum absolute atomic E-state index is 11.6. The van der Waals surface area contributed by atoms with Gasteiger partial charge < -0.3 is 15.0 Å². The minimum atomic E-state index is -0.404. The van der Waals surface area contributed by atoms with Crippen molar-refractivity contribution in [1.29, 1.82) is 0 Å². The van der Waals surface area contributed by atoms with Gasteiger partial charge in [-0.1, -0.05) is 20.8 Å². The van der Waals surface area contributed by atoms with Gasteiger partial charge in [-0.3, -0.25) is 4.79 Å². The maximum atomic E-state index is 11.6. The molecule has 16 heavy (non-hydrogen) atoms. The fourth-order valence-corrected chi connectivity index (χ4v) is 1.30. The number of carbonyl (C=O) groups is 2. The Morgan fingerprint density at radius 2 is 1.81 bits per heavy atom. The number of urea groups is 1. The van der Waals surface area contributed by atoms with E-state index in [1.54, 1.807) is 4.90 Å². The third-order valence-electron chi connectivity index (χ3n) is 2.53. The SMILES string of the molecule is CC(C)(C)C(=O)CNC(=O)N1CCOCC1. The van der Waals surface area contributed by atoms with Crippen LogP contribution in [0.25, 0.3) is 0 Å². The lowest BCUT2D eigenvalue weighted by Gasteiger charge is -2.27. The molecule has 1 rings (SSSR count). The lowest BCUT2D eigenvalue weighted by Crippen LogP contribution is -2.48. The maximum Gasteiger partial charge on any atom is 0.317 e. The molecule has 2 amide bonds. The first-order chi connectivity index (χ1) is 7.41. The predicted octanol–water partition coefficient (Wildman–Crippen LogP) is 0.643. The Hall–Kier alpha value is -1.10. The molecule has 1 aliphatic heterocycles. The van der Waals surface area contributed by atoms with Crippen molar-refractivity contribution in [3.63, 3.8) is 0 Å². The smallest absolute Gasteiger partial charge is 0.317 e. The van der Waals surface area contributed by atoms with E-state index >= 15 is 0 Å². The van der Waals surface area contributed by atoms with Crippen molar-refractivity contribution in [2.24, 2.45) is 5.41 Å². The van der Waals surface area contributed by atoms with E-state index in [9.17, 15) is 9.59 Å². The highest BCUT2D eigenvalue weighted by molar-refractivity contribution is 5.88. The lowest BCUT2D eigenvalue weighted by molar-refractivity contribution is -0.125. The first-order valence-electron chi connectivity index (χ1n) is 5.55. The van der Waals surface area contributed by atoms with Crippen LogP contribution in [-0.4, -0.2) is 49.6 Å². The summed E-state index contributed by atoms with van der Waals surface area (Å²) < 4.78 is 5.14. The van der Waals surface area contributed by atoms with Gasteiger partial charge in [0.05, 0.1) is 19.8 Å². The van der Waals surface area contributed by atoms with E-state index in [1.165, 1.54) is 0 Å². The Morgan fingerprint density at radius 3 is 2.31 bits per heavy atom. The molecule has 0 radical (unpaired) electrons. The molecule has 0 aromatic carbocycles. The predicted molar refractivity (Wildman–Crippen MR) is 60.3 cm³/mol. The molecule has 5 nitrogen and oxygen atoms in total. The molecule has 0 saturated carbocycles. The van der Waals surface area contributed by atoms with Crippen LogP contribution in [-0.2, 0) is 9.53 Å². The van der Waals surface area contributed by atoms with Crippen molar-refractivity contribution in [1.82, 2.24) is 10.2 Å². The summed E-state index contributed by atoms with van der Waals surface area (Å²) >= 11 is 0. The summed E-state index contributed by atoms with van der Waals surface area (Å²) in [4.78, 5) is 24.9. The summed E-state index contributed by atoms with van der Waals surface area (Å²) in [5.41, 5.74) is -0.404. The molecular weight excluding hydrogens is 208 g/mol. The quantitative estimate of drug-likeness (QED) is 0.754. The van der Waals surface area contributed by atoms with Gasteiger partial charge >= 0.3 is 6.03 Å². The number of ketones is 1. The number of Topliss-reactive ketones (excluding diaryl/α,β-unsaturated/α-hetero) is 1. The molecule has 0 aliphatic carbocycles. The fraction of sp³-hybridized carbons (Fsp3) is 0.818. The van der Waals surface area contributed by atoms with Crippen LogP contribution >= 0.6 is 0 Å². The van der Waals surface area contributed by atoms with Gasteiger partial charge in [0.15, 0.2) is 5.78 Å². The van der Waals surface area contributed by atoms with Gasteiger partial charge in [0, 0.05) is 18.5 Å². The number of rotatable bonds is 2. The molecule has 1 saturated heterocycles. The molecule has 0 bridgehead atoms. The van der Waals surface area contributed by atoms with Gasteiger partial charge in [-0.15, -0.1) is 0 Å². The average molecular weight is 228 g/mol. The summed E-state index contributed by atoms with van der Waals surface area (Å²) in [7, 11) is 0. The Bertz CT molecular complexity index is 265. The van der Waals surface area contributed by atoms with Crippen LogP contribution in [0.5, 0.6) is 0 Å². The fourth-order valence-electron chi connectivity index (χ4n) is 1.30. The van der Waals surface area contributed by atoms with Crippen LogP contribution in [0, 0.1) is 5.41 Å². The van der Waals surface area contributed by atoms with Crippen LogP contribution in [0.15, 0.2) is 0 Å². The molecule has 0 aromatic heterocycles. The number of ether oxygens (including phenoxy) is 1. The second-order valence-corrected chi connectivity index (χ2v) is 4.93. The monoisotopic (exact) mass is 228 g/mol. The largest absolute Gasteiger partial charge is 0.378 e. The van der Waals surface area contributed by atoms with E-state index < -0.39 is 5.41 Å². The molecule has 92 valence electrons. The number of hydrogen-bond donors (Lipinski definition) is 1. The van der Waals surface area contributed by atoms with E-state index in [2.05, 4.69) is 5.32 Å². The normalized spacial score (nSPS) is 17.1. The van der Waals surface area contributed by atoms with Crippen molar-refractivity contribution < 1.29 is 14.3 Å². The molecule has 1 aliphatic rings. The molecule has 0 unspecified atom stereocenters. The Balaban J connectivity index is 2.32. The van der Waals surface area contributed by atoms with Gasteiger partial charge in [0.2, 0.25) is 0 Å². The zero-order chi connectivity index (χ0) is 12.2. The third-order valence-corrected chi connectivity index (χ3v) is 2.53. The highest BCUT2D eigenvalue weighted by atomic mass is 16.5. The molecular formula is C11H20N2O3. The van der Waals surface area contributed by atoms with E-state index in [0.717, 1.165) is 0 Å². The van der Waals surface area contributed by atoms with Gasteiger partial charge in [-0.05, 0) is 0 Å². The highest BCUT2D eigenvalue weighted by Crippen LogP contribution is 2.13. The standard InChI is InChI=1S/C11H20N2O3/c1-11(2,3)9(14)8-12-10(15)13-4-6-16-7-5-13/h4-8H2,1-3H3,(H,12,15). The van der Waals surface area contributed by atoms with Crippen molar-refractivity contribution in [3.8, 4) is 0 Å². The van der Waals surface area contributed by atoms with Crippen LogP contribution in [0.1, 0.15) is 20.8 Å². The van der Waals surface area contributed by atoms with Crippen molar-refractivity contribution in [2.45, 2.75) is 20.8 Å².